The first-order chi connectivity index (χ1) is 11.6. The van der Waals surface area contributed by atoms with Crippen LogP contribution in [0.15, 0.2) is 18.2 Å². The molecule has 0 aromatic heterocycles. The van der Waals surface area contributed by atoms with E-state index in [1.165, 1.54) is 18.4 Å². The molecule has 0 amide bonds. The molecule has 1 fully saturated rings. The molecule has 2 aliphatic rings. The molecule has 5 heteroatoms. The fraction of sp³-hybridized carbons (Fsp3) is 0.526. The molecular weight excluding hydrogens is 306 g/mol. The number of benzene rings is 1. The third-order valence-electron chi connectivity index (χ3n) is 4.94. The Kier molecular flexibility index (Phi) is 4.69. The summed E-state index contributed by atoms with van der Waals surface area (Å²) in [6, 6.07) is 3.97. The number of nitrogens with one attached hydrogen (secondary N) is 1. The van der Waals surface area contributed by atoms with Gasteiger partial charge in [-0.1, -0.05) is 12.8 Å². The Morgan fingerprint density at radius 1 is 1.21 bits per heavy atom. The van der Waals surface area contributed by atoms with Gasteiger partial charge in [-0.2, -0.15) is 0 Å². The zero-order chi connectivity index (χ0) is 17.2. The van der Waals surface area contributed by atoms with Crippen LogP contribution in [0, 0.1) is 0 Å². The number of carbonyl (C=O) groups excluding carboxylic acids is 1. The van der Waals surface area contributed by atoms with Crippen molar-refractivity contribution in [1.29, 1.82) is 0 Å². The Morgan fingerprint density at radius 3 is 2.50 bits per heavy atom. The number of rotatable bonds is 4. The smallest absolute Gasteiger partial charge is 0.332 e. The number of fused-ring (bicyclic) bond motifs is 1. The van der Waals surface area contributed by atoms with Crippen molar-refractivity contribution in [2.45, 2.75) is 44.6 Å². The molecule has 130 valence electrons. The predicted octanol–water partition coefficient (Wildman–Crippen LogP) is 3.07. The monoisotopic (exact) mass is 331 g/mol. The Balaban J connectivity index is 2.07. The van der Waals surface area contributed by atoms with E-state index in [0.717, 1.165) is 36.3 Å². The van der Waals surface area contributed by atoms with Crippen LogP contribution in [0.5, 0.6) is 11.5 Å². The fourth-order valence-electron chi connectivity index (χ4n) is 3.85. The zero-order valence-corrected chi connectivity index (χ0v) is 14.6. The second-order valence-electron chi connectivity index (χ2n) is 6.46. The van der Waals surface area contributed by atoms with E-state index in [4.69, 9.17) is 14.2 Å². The minimum absolute atomic E-state index is 0.0327. The first kappa shape index (κ1) is 16.7. The van der Waals surface area contributed by atoms with E-state index in [0.29, 0.717) is 12.4 Å². The van der Waals surface area contributed by atoms with Crippen molar-refractivity contribution in [1.82, 2.24) is 5.32 Å². The Labute approximate surface area is 143 Å². The van der Waals surface area contributed by atoms with Crippen molar-refractivity contribution < 1.29 is 19.0 Å². The number of hydrogen-bond donors (Lipinski definition) is 1. The second kappa shape index (κ2) is 6.75. The molecule has 1 saturated carbocycles. The van der Waals surface area contributed by atoms with Crippen LogP contribution in [-0.4, -0.2) is 32.3 Å². The van der Waals surface area contributed by atoms with Crippen LogP contribution >= 0.6 is 0 Å². The average Bonchev–Trinajstić information content (AvgIpc) is 3.01. The summed E-state index contributed by atoms with van der Waals surface area (Å²) in [7, 11) is 3.26. The molecule has 1 aromatic carbocycles. The van der Waals surface area contributed by atoms with E-state index < -0.39 is 0 Å². The van der Waals surface area contributed by atoms with E-state index in [-0.39, 0.29) is 11.5 Å². The lowest BCUT2D eigenvalue weighted by Gasteiger charge is -2.38. The van der Waals surface area contributed by atoms with Gasteiger partial charge in [-0.15, -0.1) is 0 Å². The standard InChI is InChI=1S/C19H25NO4/c1-4-24-18(21)11-15-14-10-17(23-3)16(22-2)9-13(14)12-19(20-15)7-5-6-8-19/h9-11,20H,4-8,12H2,1-3H3. The molecule has 0 saturated heterocycles. The van der Waals surface area contributed by atoms with E-state index in [1.54, 1.807) is 20.3 Å². The Morgan fingerprint density at radius 2 is 1.88 bits per heavy atom. The maximum atomic E-state index is 12.0. The molecule has 5 nitrogen and oxygen atoms in total. The summed E-state index contributed by atoms with van der Waals surface area (Å²) in [5, 5.41) is 3.63. The first-order valence-corrected chi connectivity index (χ1v) is 8.53. The van der Waals surface area contributed by atoms with E-state index >= 15 is 0 Å². The number of esters is 1. The van der Waals surface area contributed by atoms with E-state index in [1.807, 2.05) is 19.1 Å². The van der Waals surface area contributed by atoms with Gasteiger partial charge in [0, 0.05) is 22.9 Å². The fourth-order valence-corrected chi connectivity index (χ4v) is 3.85. The average molecular weight is 331 g/mol. The minimum atomic E-state index is -0.323. The van der Waals surface area contributed by atoms with Gasteiger partial charge in [0.2, 0.25) is 0 Å². The van der Waals surface area contributed by atoms with E-state index in [9.17, 15) is 4.79 Å². The summed E-state index contributed by atoms with van der Waals surface area (Å²) in [5.41, 5.74) is 3.02. The molecule has 24 heavy (non-hydrogen) atoms. The second-order valence-corrected chi connectivity index (χ2v) is 6.46. The molecule has 1 aliphatic carbocycles. The molecule has 3 rings (SSSR count). The summed E-state index contributed by atoms with van der Waals surface area (Å²) in [5.74, 6) is 1.06. The summed E-state index contributed by atoms with van der Waals surface area (Å²) in [6.07, 6.45) is 7.14. The number of ether oxygens (including phenoxy) is 3. The van der Waals surface area contributed by atoms with Crippen molar-refractivity contribution in [2.24, 2.45) is 0 Å². The number of carbonyl (C=O) groups is 1. The highest BCUT2D eigenvalue weighted by molar-refractivity contribution is 5.92. The molecule has 1 spiro atoms. The van der Waals surface area contributed by atoms with E-state index in [2.05, 4.69) is 5.32 Å². The van der Waals surface area contributed by atoms with Crippen LogP contribution in [0.1, 0.15) is 43.7 Å². The molecule has 0 atom stereocenters. The lowest BCUT2D eigenvalue weighted by atomic mass is 9.81. The largest absolute Gasteiger partial charge is 0.493 e. The van der Waals surface area contributed by atoms with Crippen molar-refractivity contribution in [3.05, 3.63) is 29.3 Å². The molecule has 0 unspecified atom stereocenters. The lowest BCUT2D eigenvalue weighted by Crippen LogP contribution is -2.47. The van der Waals surface area contributed by atoms with Gasteiger partial charge in [0.05, 0.1) is 20.8 Å². The minimum Gasteiger partial charge on any atom is -0.493 e. The van der Waals surface area contributed by atoms with Crippen LogP contribution in [0.25, 0.3) is 5.70 Å². The van der Waals surface area contributed by atoms with Crippen molar-refractivity contribution in [2.75, 3.05) is 20.8 Å². The van der Waals surface area contributed by atoms with Crippen LogP contribution < -0.4 is 14.8 Å². The van der Waals surface area contributed by atoms with Gasteiger partial charge in [-0.3, -0.25) is 0 Å². The summed E-state index contributed by atoms with van der Waals surface area (Å²) in [6.45, 7) is 2.18. The molecule has 1 N–H and O–H groups in total. The van der Waals surface area contributed by atoms with Gasteiger partial charge in [0.25, 0.3) is 0 Å². The van der Waals surface area contributed by atoms with Crippen molar-refractivity contribution >= 4 is 11.7 Å². The summed E-state index contributed by atoms with van der Waals surface area (Å²) < 4.78 is 16.0. The highest BCUT2D eigenvalue weighted by Crippen LogP contribution is 2.43. The maximum absolute atomic E-state index is 12.0. The topological polar surface area (TPSA) is 56.8 Å². The van der Waals surface area contributed by atoms with Crippen LogP contribution in [-0.2, 0) is 16.0 Å². The Bertz CT molecular complexity index is 660. The molecule has 0 radical (unpaired) electrons. The Hall–Kier alpha value is -2.17. The molecule has 1 aromatic rings. The van der Waals surface area contributed by atoms with Crippen molar-refractivity contribution in [3.8, 4) is 11.5 Å². The molecule has 0 bridgehead atoms. The zero-order valence-electron chi connectivity index (χ0n) is 14.6. The van der Waals surface area contributed by atoms with Crippen LogP contribution in [0.3, 0.4) is 0 Å². The number of hydrogen-bond acceptors (Lipinski definition) is 5. The van der Waals surface area contributed by atoms with Gasteiger partial charge in [0.15, 0.2) is 11.5 Å². The van der Waals surface area contributed by atoms with Gasteiger partial charge in [-0.05, 0) is 43.9 Å². The normalized spacial score (nSPS) is 19.7. The number of methoxy groups -OCH3 is 2. The SMILES string of the molecule is CCOC(=O)C=C1NC2(CCCC2)Cc2cc(OC)c(OC)cc21. The molecule has 1 heterocycles. The molecular formula is C19H25NO4. The summed E-state index contributed by atoms with van der Waals surface area (Å²) in [4.78, 5) is 12.0. The maximum Gasteiger partial charge on any atom is 0.332 e. The predicted molar refractivity (Wildman–Crippen MR) is 92.2 cm³/mol. The quantitative estimate of drug-likeness (QED) is 0.679. The van der Waals surface area contributed by atoms with Crippen molar-refractivity contribution in [3.63, 3.8) is 0 Å². The summed E-state index contributed by atoms with van der Waals surface area (Å²) >= 11 is 0. The van der Waals surface area contributed by atoms with Gasteiger partial charge in [0.1, 0.15) is 0 Å². The third-order valence-corrected chi connectivity index (χ3v) is 4.94. The van der Waals surface area contributed by atoms with Gasteiger partial charge in [-0.25, -0.2) is 4.79 Å². The highest BCUT2D eigenvalue weighted by atomic mass is 16.5. The van der Waals surface area contributed by atoms with Gasteiger partial charge >= 0.3 is 5.97 Å². The van der Waals surface area contributed by atoms with Crippen LogP contribution in [0.2, 0.25) is 0 Å². The highest BCUT2D eigenvalue weighted by Gasteiger charge is 2.39. The molecule has 1 aliphatic heterocycles. The lowest BCUT2D eigenvalue weighted by molar-refractivity contribution is -0.137. The third kappa shape index (κ3) is 3.07. The van der Waals surface area contributed by atoms with Crippen LogP contribution in [0.4, 0.5) is 0 Å². The van der Waals surface area contributed by atoms with Gasteiger partial charge < -0.3 is 19.5 Å². The first-order valence-electron chi connectivity index (χ1n) is 8.53.